The molecule has 1 N–H and O–H groups in total. The molecule has 0 bridgehead atoms. The van der Waals surface area contributed by atoms with E-state index in [1.54, 1.807) is 18.7 Å². The van der Waals surface area contributed by atoms with Gasteiger partial charge in [-0.15, -0.1) is 11.8 Å². The number of rotatable bonds is 5. The molecule has 0 heterocycles. The van der Waals surface area contributed by atoms with Crippen LogP contribution in [0.3, 0.4) is 0 Å². The Balaban J connectivity index is 2.00. The van der Waals surface area contributed by atoms with E-state index in [1.807, 2.05) is 62.6 Å². The highest BCUT2D eigenvalue weighted by atomic mass is 32.2. The zero-order chi connectivity index (χ0) is 16.1. The molecule has 0 aromatic heterocycles. The molecular weight excluding hydrogens is 294 g/mol. The Kier molecular flexibility index (Phi) is 5.50. The molecule has 0 fully saturated rings. The minimum Gasteiger partial charge on any atom is -0.481 e. The Labute approximate surface area is 136 Å². The highest BCUT2D eigenvalue weighted by Gasteiger charge is 2.16. The van der Waals surface area contributed by atoms with Gasteiger partial charge in [-0.1, -0.05) is 12.1 Å². The Bertz CT molecular complexity index is 653. The quantitative estimate of drug-likeness (QED) is 0.829. The van der Waals surface area contributed by atoms with Gasteiger partial charge in [0, 0.05) is 10.6 Å². The number of benzene rings is 2. The number of thioether (sulfide) groups is 1. The summed E-state index contributed by atoms with van der Waals surface area (Å²) < 4.78 is 5.79. The summed E-state index contributed by atoms with van der Waals surface area (Å²) in [6, 6.07) is 13.7. The van der Waals surface area contributed by atoms with Crippen LogP contribution in [-0.4, -0.2) is 18.3 Å². The van der Waals surface area contributed by atoms with Gasteiger partial charge < -0.3 is 10.1 Å². The second kappa shape index (κ2) is 7.36. The molecule has 1 amide bonds. The van der Waals surface area contributed by atoms with E-state index in [2.05, 4.69) is 5.32 Å². The number of amides is 1. The molecule has 2 aromatic carbocycles. The van der Waals surface area contributed by atoms with Crippen molar-refractivity contribution in [3.8, 4) is 5.75 Å². The van der Waals surface area contributed by atoms with Gasteiger partial charge in [0.1, 0.15) is 5.75 Å². The third-order valence-electron chi connectivity index (χ3n) is 3.37. The molecule has 0 aliphatic heterocycles. The minimum absolute atomic E-state index is 0.155. The topological polar surface area (TPSA) is 38.3 Å². The minimum atomic E-state index is -0.555. The largest absolute Gasteiger partial charge is 0.481 e. The van der Waals surface area contributed by atoms with Crippen molar-refractivity contribution in [1.29, 1.82) is 0 Å². The molecule has 22 heavy (non-hydrogen) atoms. The molecule has 1 atom stereocenters. The normalized spacial score (nSPS) is 11.8. The number of carbonyl (C=O) groups is 1. The van der Waals surface area contributed by atoms with Gasteiger partial charge >= 0.3 is 0 Å². The monoisotopic (exact) mass is 315 g/mol. The molecule has 0 saturated heterocycles. The van der Waals surface area contributed by atoms with Crippen molar-refractivity contribution in [1.82, 2.24) is 0 Å². The van der Waals surface area contributed by atoms with Crippen LogP contribution >= 0.6 is 11.8 Å². The molecule has 1 unspecified atom stereocenters. The molecular formula is C18H21NO2S. The van der Waals surface area contributed by atoms with Crippen LogP contribution in [0.1, 0.15) is 18.1 Å². The third-order valence-corrected chi connectivity index (χ3v) is 4.12. The van der Waals surface area contributed by atoms with Crippen LogP contribution in [0.25, 0.3) is 0 Å². The number of hydrogen-bond acceptors (Lipinski definition) is 3. The maximum Gasteiger partial charge on any atom is 0.265 e. The van der Waals surface area contributed by atoms with Crippen LogP contribution in [0, 0.1) is 13.8 Å². The maximum atomic E-state index is 12.2. The standard InChI is InChI=1S/C18H21NO2S/c1-12-5-6-13(2)17(11-12)21-14(3)18(20)19-15-7-9-16(22-4)10-8-15/h5-11,14H,1-4H3,(H,19,20). The lowest BCUT2D eigenvalue weighted by atomic mass is 10.1. The Morgan fingerprint density at radius 2 is 1.82 bits per heavy atom. The molecule has 2 aromatic rings. The summed E-state index contributed by atoms with van der Waals surface area (Å²) in [5.41, 5.74) is 2.91. The van der Waals surface area contributed by atoms with Crippen molar-refractivity contribution in [3.63, 3.8) is 0 Å². The highest BCUT2D eigenvalue weighted by molar-refractivity contribution is 7.98. The molecule has 0 saturated carbocycles. The van der Waals surface area contributed by atoms with Gasteiger partial charge in [0.05, 0.1) is 0 Å². The lowest BCUT2D eigenvalue weighted by molar-refractivity contribution is -0.122. The van der Waals surface area contributed by atoms with Gasteiger partial charge in [-0.2, -0.15) is 0 Å². The maximum absolute atomic E-state index is 12.2. The highest BCUT2D eigenvalue weighted by Crippen LogP contribution is 2.21. The fraction of sp³-hybridized carbons (Fsp3) is 0.278. The number of ether oxygens (including phenoxy) is 1. The van der Waals surface area contributed by atoms with Gasteiger partial charge in [0.25, 0.3) is 5.91 Å². The summed E-state index contributed by atoms with van der Waals surface area (Å²) in [6.07, 6.45) is 1.47. The van der Waals surface area contributed by atoms with Crippen LogP contribution < -0.4 is 10.1 Å². The Morgan fingerprint density at radius 3 is 2.45 bits per heavy atom. The van der Waals surface area contributed by atoms with Crippen LogP contribution in [-0.2, 0) is 4.79 Å². The third kappa shape index (κ3) is 4.28. The van der Waals surface area contributed by atoms with Gasteiger partial charge in [-0.25, -0.2) is 0 Å². The lowest BCUT2D eigenvalue weighted by Crippen LogP contribution is -2.30. The average molecular weight is 315 g/mol. The molecule has 4 heteroatoms. The number of hydrogen-bond donors (Lipinski definition) is 1. The van der Waals surface area contributed by atoms with Crippen molar-refractivity contribution >= 4 is 23.4 Å². The number of carbonyl (C=O) groups excluding carboxylic acids is 1. The van der Waals surface area contributed by atoms with Gasteiger partial charge in [0.2, 0.25) is 0 Å². The second-order valence-electron chi connectivity index (χ2n) is 5.25. The fourth-order valence-electron chi connectivity index (χ4n) is 2.00. The fourth-order valence-corrected chi connectivity index (χ4v) is 2.40. The molecule has 0 aliphatic carbocycles. The Hall–Kier alpha value is -1.94. The molecule has 0 radical (unpaired) electrons. The van der Waals surface area contributed by atoms with Crippen LogP contribution in [0.4, 0.5) is 5.69 Å². The molecule has 0 aliphatic rings. The summed E-state index contributed by atoms with van der Waals surface area (Å²) in [5.74, 6) is 0.596. The van der Waals surface area contributed by atoms with Gasteiger partial charge in [-0.3, -0.25) is 4.79 Å². The van der Waals surface area contributed by atoms with E-state index in [4.69, 9.17) is 4.74 Å². The summed E-state index contributed by atoms with van der Waals surface area (Å²) in [4.78, 5) is 13.4. The Morgan fingerprint density at radius 1 is 1.14 bits per heavy atom. The molecule has 0 spiro atoms. The molecule has 2 rings (SSSR count). The van der Waals surface area contributed by atoms with E-state index >= 15 is 0 Å². The van der Waals surface area contributed by atoms with E-state index in [0.717, 1.165) is 27.5 Å². The predicted octanol–water partition coefficient (Wildman–Crippen LogP) is 4.43. The van der Waals surface area contributed by atoms with Crippen molar-refractivity contribution in [3.05, 3.63) is 53.6 Å². The van der Waals surface area contributed by atoms with Crippen molar-refractivity contribution in [2.24, 2.45) is 0 Å². The zero-order valence-electron chi connectivity index (χ0n) is 13.3. The molecule has 116 valence electrons. The van der Waals surface area contributed by atoms with E-state index in [1.165, 1.54) is 0 Å². The van der Waals surface area contributed by atoms with Gasteiger partial charge in [0.15, 0.2) is 6.10 Å². The second-order valence-corrected chi connectivity index (χ2v) is 6.13. The van der Waals surface area contributed by atoms with Crippen molar-refractivity contribution in [2.45, 2.75) is 31.8 Å². The first-order chi connectivity index (χ1) is 10.5. The van der Waals surface area contributed by atoms with Crippen LogP contribution in [0.15, 0.2) is 47.4 Å². The first kappa shape index (κ1) is 16.4. The number of anilines is 1. The predicted molar refractivity (Wildman–Crippen MR) is 92.9 cm³/mol. The lowest BCUT2D eigenvalue weighted by Gasteiger charge is -2.17. The number of aryl methyl sites for hydroxylation is 2. The van der Waals surface area contributed by atoms with Gasteiger partial charge in [-0.05, 0) is 68.5 Å². The summed E-state index contributed by atoms with van der Waals surface area (Å²) in [7, 11) is 0. The summed E-state index contributed by atoms with van der Waals surface area (Å²) in [5, 5.41) is 2.87. The van der Waals surface area contributed by atoms with E-state index < -0.39 is 6.10 Å². The van der Waals surface area contributed by atoms with E-state index in [0.29, 0.717) is 0 Å². The SMILES string of the molecule is CSc1ccc(NC(=O)C(C)Oc2cc(C)ccc2C)cc1. The average Bonchev–Trinajstić information content (AvgIpc) is 2.51. The number of nitrogens with one attached hydrogen (secondary N) is 1. The first-order valence-corrected chi connectivity index (χ1v) is 8.41. The van der Waals surface area contributed by atoms with E-state index in [-0.39, 0.29) is 5.91 Å². The summed E-state index contributed by atoms with van der Waals surface area (Å²) >= 11 is 1.67. The van der Waals surface area contributed by atoms with Crippen molar-refractivity contribution in [2.75, 3.05) is 11.6 Å². The van der Waals surface area contributed by atoms with Crippen LogP contribution in [0.5, 0.6) is 5.75 Å². The smallest absolute Gasteiger partial charge is 0.265 e. The van der Waals surface area contributed by atoms with Crippen LogP contribution in [0.2, 0.25) is 0 Å². The summed E-state index contributed by atoms with van der Waals surface area (Å²) in [6.45, 7) is 5.73. The zero-order valence-corrected chi connectivity index (χ0v) is 14.2. The molecule has 3 nitrogen and oxygen atoms in total. The van der Waals surface area contributed by atoms with E-state index in [9.17, 15) is 4.79 Å². The first-order valence-electron chi connectivity index (χ1n) is 7.18. The van der Waals surface area contributed by atoms with Crippen molar-refractivity contribution < 1.29 is 9.53 Å².